The predicted molar refractivity (Wildman–Crippen MR) is 101 cm³/mol. The zero-order valence-electron chi connectivity index (χ0n) is 15.0. The highest BCUT2D eigenvalue weighted by Gasteiger charge is 2.30. The van der Waals surface area contributed by atoms with Gasteiger partial charge in [-0.1, -0.05) is 12.1 Å². The molecule has 1 aromatic carbocycles. The number of carbonyl (C=O) groups is 1. The van der Waals surface area contributed by atoms with Crippen molar-refractivity contribution in [1.29, 1.82) is 0 Å². The van der Waals surface area contributed by atoms with Crippen LogP contribution in [0.1, 0.15) is 18.9 Å². The smallest absolute Gasteiger partial charge is 0.336 e. The number of nitrogens with one attached hydrogen (secondary N) is 2. The van der Waals surface area contributed by atoms with E-state index < -0.39 is 11.8 Å². The molecular weight excluding hydrogens is 363 g/mol. The average molecular weight is 382 g/mol. The van der Waals surface area contributed by atoms with E-state index >= 15 is 0 Å². The first-order chi connectivity index (χ1) is 13.6. The topological polar surface area (TPSA) is 93.8 Å². The monoisotopic (exact) mass is 382 g/mol. The van der Waals surface area contributed by atoms with Gasteiger partial charge in [-0.05, 0) is 37.1 Å². The first kappa shape index (κ1) is 17.9. The molecule has 0 radical (unpaired) electrons. The highest BCUT2D eigenvalue weighted by molar-refractivity contribution is 5.89. The molecule has 1 saturated carbocycles. The summed E-state index contributed by atoms with van der Waals surface area (Å²) in [7, 11) is 0. The Morgan fingerprint density at radius 2 is 2.04 bits per heavy atom. The van der Waals surface area contributed by atoms with Crippen LogP contribution in [-0.2, 0) is 6.54 Å². The van der Waals surface area contributed by atoms with Crippen LogP contribution in [0.15, 0.2) is 53.6 Å². The molecule has 0 atom stereocenters. The van der Waals surface area contributed by atoms with Gasteiger partial charge in [0.25, 0.3) is 0 Å². The van der Waals surface area contributed by atoms with Gasteiger partial charge in [0.2, 0.25) is 0 Å². The average Bonchev–Trinajstić information content (AvgIpc) is 3.48. The fraction of sp³-hybridized carbons (Fsp3) is 0.263. The number of halogens is 1. The molecule has 4 rings (SSSR count). The van der Waals surface area contributed by atoms with E-state index in [0.29, 0.717) is 5.82 Å². The van der Waals surface area contributed by atoms with Gasteiger partial charge in [0, 0.05) is 30.5 Å². The van der Waals surface area contributed by atoms with Crippen LogP contribution in [0.4, 0.5) is 14.9 Å². The number of benzene rings is 1. The lowest BCUT2D eigenvalue weighted by Gasteiger charge is -2.07. The molecule has 2 N–H and O–H groups in total. The predicted octanol–water partition coefficient (Wildman–Crippen LogP) is 2.40. The molecule has 2 aromatic heterocycles. The second kappa shape index (κ2) is 7.63. The Bertz CT molecular complexity index is 1040. The van der Waals surface area contributed by atoms with Crippen LogP contribution >= 0.6 is 0 Å². The minimum atomic E-state index is -0.549. The normalized spacial score (nSPS) is 13.3. The minimum Gasteiger partial charge on any atom is -0.336 e. The van der Waals surface area contributed by atoms with Crippen molar-refractivity contribution in [2.24, 2.45) is 0 Å². The number of anilines is 1. The summed E-state index contributed by atoms with van der Waals surface area (Å²) in [6.07, 6.45) is 5.23. The van der Waals surface area contributed by atoms with Gasteiger partial charge < -0.3 is 10.6 Å². The van der Waals surface area contributed by atoms with E-state index in [1.807, 2.05) is 6.07 Å². The quantitative estimate of drug-likeness (QED) is 0.685. The van der Waals surface area contributed by atoms with Crippen LogP contribution in [0, 0.1) is 5.82 Å². The molecule has 0 spiro atoms. The molecule has 0 bridgehead atoms. The number of urea groups is 1. The van der Waals surface area contributed by atoms with Crippen molar-refractivity contribution in [2.45, 2.75) is 25.4 Å². The molecule has 0 aliphatic heterocycles. The van der Waals surface area contributed by atoms with E-state index in [4.69, 9.17) is 0 Å². The van der Waals surface area contributed by atoms with Gasteiger partial charge >= 0.3 is 11.7 Å². The molecule has 28 heavy (non-hydrogen) atoms. The van der Waals surface area contributed by atoms with Gasteiger partial charge in [0.15, 0.2) is 5.82 Å². The Morgan fingerprint density at radius 1 is 1.21 bits per heavy atom. The fourth-order valence-corrected chi connectivity index (χ4v) is 2.92. The van der Waals surface area contributed by atoms with Gasteiger partial charge in [-0.2, -0.15) is 0 Å². The summed E-state index contributed by atoms with van der Waals surface area (Å²) in [4.78, 5) is 28.8. The fourth-order valence-electron chi connectivity index (χ4n) is 2.92. The number of amides is 2. The van der Waals surface area contributed by atoms with Crippen LogP contribution in [0.2, 0.25) is 0 Å². The summed E-state index contributed by atoms with van der Waals surface area (Å²) in [5.74, 6) is 0.0644. The summed E-state index contributed by atoms with van der Waals surface area (Å²) < 4.78 is 16.6. The van der Waals surface area contributed by atoms with Crippen LogP contribution in [-0.4, -0.2) is 31.9 Å². The summed E-state index contributed by atoms with van der Waals surface area (Å²) in [6, 6.07) is 9.17. The van der Waals surface area contributed by atoms with Crippen LogP contribution < -0.4 is 16.3 Å². The summed E-state index contributed by atoms with van der Waals surface area (Å²) in [6.45, 7) is 0.380. The van der Waals surface area contributed by atoms with Crippen molar-refractivity contribution in [1.82, 2.24) is 24.6 Å². The Morgan fingerprint density at radius 3 is 2.75 bits per heavy atom. The molecule has 0 saturated heterocycles. The molecule has 1 aliphatic rings. The van der Waals surface area contributed by atoms with Crippen LogP contribution in [0.25, 0.3) is 11.4 Å². The number of pyridine rings is 1. The minimum absolute atomic E-state index is 0.0917. The second-order valence-corrected chi connectivity index (χ2v) is 6.53. The third kappa shape index (κ3) is 3.78. The third-order valence-electron chi connectivity index (χ3n) is 4.43. The van der Waals surface area contributed by atoms with E-state index in [2.05, 4.69) is 20.7 Å². The lowest BCUT2D eigenvalue weighted by Crippen LogP contribution is -2.34. The Balaban J connectivity index is 1.43. The van der Waals surface area contributed by atoms with E-state index in [1.165, 1.54) is 16.8 Å². The van der Waals surface area contributed by atoms with Crippen molar-refractivity contribution < 1.29 is 9.18 Å². The summed E-state index contributed by atoms with van der Waals surface area (Å²) in [5, 5.41) is 9.48. The summed E-state index contributed by atoms with van der Waals surface area (Å²) >= 11 is 0. The first-order valence-corrected chi connectivity index (χ1v) is 9.02. The van der Waals surface area contributed by atoms with Gasteiger partial charge in [-0.25, -0.2) is 18.7 Å². The van der Waals surface area contributed by atoms with E-state index in [-0.39, 0.29) is 30.5 Å². The van der Waals surface area contributed by atoms with Crippen molar-refractivity contribution in [2.75, 3.05) is 11.9 Å². The Hall–Kier alpha value is -3.49. The highest BCUT2D eigenvalue weighted by Crippen LogP contribution is 2.36. The number of nitrogens with zero attached hydrogens (tertiary/aromatic N) is 4. The number of hydrogen-bond donors (Lipinski definition) is 2. The molecule has 2 amide bonds. The lowest BCUT2D eigenvalue weighted by molar-refractivity contribution is 0.251. The van der Waals surface area contributed by atoms with Gasteiger partial charge in [-0.3, -0.25) is 9.55 Å². The SMILES string of the molecule is O=C(NCCn1nc(-c2cccnc2)n(C2CC2)c1=O)Nc1ccccc1F. The summed E-state index contributed by atoms with van der Waals surface area (Å²) in [5.41, 5.74) is 0.655. The van der Waals surface area contributed by atoms with Crippen molar-refractivity contribution in [3.05, 3.63) is 65.1 Å². The van der Waals surface area contributed by atoms with Crippen LogP contribution in [0.3, 0.4) is 0 Å². The highest BCUT2D eigenvalue weighted by atomic mass is 19.1. The Labute approximate surface area is 160 Å². The van der Waals surface area contributed by atoms with Gasteiger partial charge in [-0.15, -0.1) is 5.10 Å². The molecule has 9 heteroatoms. The molecule has 2 heterocycles. The second-order valence-electron chi connectivity index (χ2n) is 6.53. The maximum Gasteiger partial charge on any atom is 0.346 e. The Kier molecular flexibility index (Phi) is 4.88. The number of para-hydroxylation sites is 1. The molecule has 1 fully saturated rings. The molecule has 8 nitrogen and oxygen atoms in total. The zero-order chi connectivity index (χ0) is 19.5. The number of carbonyl (C=O) groups excluding carboxylic acids is 1. The van der Waals surface area contributed by atoms with Gasteiger partial charge in [0.1, 0.15) is 5.82 Å². The molecule has 0 unspecified atom stereocenters. The van der Waals surface area contributed by atoms with Gasteiger partial charge in [0.05, 0.1) is 12.2 Å². The largest absolute Gasteiger partial charge is 0.346 e. The maximum absolute atomic E-state index is 13.6. The lowest BCUT2D eigenvalue weighted by atomic mass is 10.3. The number of hydrogen-bond acceptors (Lipinski definition) is 4. The van der Waals surface area contributed by atoms with E-state index in [0.717, 1.165) is 18.4 Å². The third-order valence-corrected chi connectivity index (χ3v) is 4.43. The molecule has 1 aliphatic carbocycles. The van der Waals surface area contributed by atoms with Crippen molar-refractivity contribution in [3.63, 3.8) is 0 Å². The van der Waals surface area contributed by atoms with Crippen molar-refractivity contribution in [3.8, 4) is 11.4 Å². The molecule has 144 valence electrons. The molecular formula is C19H19FN6O2. The standard InChI is InChI=1S/C19H19FN6O2/c20-15-5-1-2-6-16(15)23-18(27)22-10-11-25-19(28)26(14-7-8-14)17(24-25)13-4-3-9-21-12-13/h1-6,9,12,14H,7-8,10-11H2,(H2,22,23,27). The van der Waals surface area contributed by atoms with E-state index in [1.54, 1.807) is 35.2 Å². The van der Waals surface area contributed by atoms with Crippen LogP contribution in [0.5, 0.6) is 0 Å². The maximum atomic E-state index is 13.6. The zero-order valence-corrected chi connectivity index (χ0v) is 15.0. The molecule has 3 aromatic rings. The number of aromatic nitrogens is 4. The van der Waals surface area contributed by atoms with E-state index in [9.17, 15) is 14.0 Å². The van der Waals surface area contributed by atoms with Crippen molar-refractivity contribution >= 4 is 11.7 Å². The number of rotatable bonds is 6. The first-order valence-electron chi connectivity index (χ1n) is 9.02.